The van der Waals surface area contributed by atoms with Crippen LogP contribution < -0.4 is 5.73 Å². The number of nitrogens with two attached hydrogens (primary N) is 1. The predicted octanol–water partition coefficient (Wildman–Crippen LogP) is 1.04. The lowest BCUT2D eigenvalue weighted by molar-refractivity contribution is -0.0633. The van der Waals surface area contributed by atoms with Crippen LogP contribution in [0.1, 0.15) is 34.1 Å². The molecule has 1 fully saturated rings. The Balaban J connectivity index is 2.75. The molecule has 2 N–H and O–H groups in total. The van der Waals surface area contributed by atoms with Crippen molar-refractivity contribution in [2.45, 2.75) is 50.6 Å². The molecule has 0 aromatic rings. The fourth-order valence-corrected chi connectivity index (χ4v) is 3.96. The molecule has 2 atom stereocenters. The van der Waals surface area contributed by atoms with E-state index in [-0.39, 0.29) is 16.5 Å². The first-order chi connectivity index (χ1) is 6.28. The normalized spacial score (nSPS) is 31.6. The molecule has 0 bridgehead atoms. The maximum atomic E-state index is 11.9. The SMILES string of the molecule is CC1(C)CC(S(=O)CCN)C(C)(C)O1. The first-order valence-corrected chi connectivity index (χ1v) is 6.44. The van der Waals surface area contributed by atoms with Crippen molar-refractivity contribution in [3.63, 3.8) is 0 Å². The van der Waals surface area contributed by atoms with Crippen molar-refractivity contribution in [1.82, 2.24) is 0 Å². The van der Waals surface area contributed by atoms with E-state index in [4.69, 9.17) is 10.5 Å². The quantitative estimate of drug-likeness (QED) is 0.771. The molecule has 1 aliphatic heterocycles. The van der Waals surface area contributed by atoms with Gasteiger partial charge in [0.2, 0.25) is 0 Å². The van der Waals surface area contributed by atoms with Crippen molar-refractivity contribution in [2.24, 2.45) is 5.73 Å². The summed E-state index contributed by atoms with van der Waals surface area (Å²) in [7, 11) is -0.861. The summed E-state index contributed by atoms with van der Waals surface area (Å²) in [5.74, 6) is 0.577. The molecular weight excluding hydrogens is 198 g/mol. The van der Waals surface area contributed by atoms with E-state index < -0.39 is 10.8 Å². The largest absolute Gasteiger partial charge is 0.368 e. The zero-order valence-electron chi connectivity index (χ0n) is 9.50. The molecule has 14 heavy (non-hydrogen) atoms. The molecule has 0 aromatic carbocycles. The molecule has 1 aliphatic rings. The Labute approximate surface area is 88.8 Å². The fourth-order valence-electron chi connectivity index (χ4n) is 2.18. The standard InChI is InChI=1S/C10H21NO2S/c1-9(2)7-8(10(3,4)13-9)14(12)6-5-11/h8H,5-7,11H2,1-4H3. The van der Waals surface area contributed by atoms with E-state index in [0.717, 1.165) is 6.42 Å². The maximum Gasteiger partial charge on any atom is 0.0777 e. The minimum absolute atomic E-state index is 0.112. The Morgan fingerprint density at radius 3 is 2.36 bits per heavy atom. The minimum Gasteiger partial charge on any atom is -0.368 e. The van der Waals surface area contributed by atoms with Gasteiger partial charge in [-0.15, -0.1) is 0 Å². The van der Waals surface area contributed by atoms with Crippen molar-refractivity contribution in [3.8, 4) is 0 Å². The highest BCUT2D eigenvalue weighted by Crippen LogP contribution is 2.39. The van der Waals surface area contributed by atoms with Gasteiger partial charge in [0.05, 0.1) is 16.5 Å². The van der Waals surface area contributed by atoms with Crippen LogP contribution in [0.5, 0.6) is 0 Å². The summed E-state index contributed by atoms with van der Waals surface area (Å²) in [6.45, 7) is 8.62. The summed E-state index contributed by atoms with van der Waals surface area (Å²) in [5.41, 5.74) is 4.98. The van der Waals surface area contributed by atoms with Crippen LogP contribution in [0.15, 0.2) is 0 Å². The van der Waals surface area contributed by atoms with Gasteiger partial charge in [-0.05, 0) is 34.1 Å². The van der Waals surface area contributed by atoms with E-state index in [1.807, 2.05) is 27.7 Å². The molecular formula is C10H21NO2S. The van der Waals surface area contributed by atoms with E-state index in [1.54, 1.807) is 0 Å². The van der Waals surface area contributed by atoms with Crippen molar-refractivity contribution >= 4 is 10.8 Å². The summed E-state index contributed by atoms with van der Waals surface area (Å²) < 4.78 is 17.8. The zero-order valence-corrected chi connectivity index (χ0v) is 10.3. The van der Waals surface area contributed by atoms with Gasteiger partial charge in [0.1, 0.15) is 0 Å². The average Bonchev–Trinajstić information content (AvgIpc) is 2.19. The molecule has 1 heterocycles. The fraction of sp³-hybridized carbons (Fsp3) is 1.00. The highest BCUT2D eigenvalue weighted by Gasteiger charge is 2.48. The van der Waals surface area contributed by atoms with Gasteiger partial charge in [-0.25, -0.2) is 0 Å². The highest BCUT2D eigenvalue weighted by atomic mass is 32.2. The van der Waals surface area contributed by atoms with Gasteiger partial charge in [-0.3, -0.25) is 4.21 Å². The van der Waals surface area contributed by atoms with Crippen molar-refractivity contribution in [1.29, 1.82) is 0 Å². The van der Waals surface area contributed by atoms with Gasteiger partial charge < -0.3 is 10.5 Å². The second-order valence-electron chi connectivity index (χ2n) is 5.03. The first kappa shape index (κ1) is 12.1. The Morgan fingerprint density at radius 1 is 1.43 bits per heavy atom. The van der Waals surface area contributed by atoms with Crippen LogP contribution >= 0.6 is 0 Å². The third-order valence-corrected chi connectivity index (χ3v) is 4.64. The molecule has 1 saturated heterocycles. The average molecular weight is 219 g/mol. The number of ether oxygens (including phenoxy) is 1. The zero-order chi connectivity index (χ0) is 11.0. The number of rotatable bonds is 3. The van der Waals surface area contributed by atoms with Crippen LogP contribution in [0.3, 0.4) is 0 Å². The highest BCUT2D eigenvalue weighted by molar-refractivity contribution is 7.85. The minimum atomic E-state index is -0.861. The van der Waals surface area contributed by atoms with Gasteiger partial charge >= 0.3 is 0 Å². The molecule has 0 saturated carbocycles. The predicted molar refractivity (Wildman–Crippen MR) is 59.7 cm³/mol. The van der Waals surface area contributed by atoms with Crippen LogP contribution in [-0.2, 0) is 15.5 Å². The molecule has 84 valence electrons. The molecule has 0 amide bonds. The van der Waals surface area contributed by atoms with E-state index in [2.05, 4.69) is 0 Å². The summed E-state index contributed by atoms with van der Waals surface area (Å²) in [6, 6.07) is 0. The smallest absolute Gasteiger partial charge is 0.0777 e. The molecule has 1 rings (SSSR count). The maximum absolute atomic E-state index is 11.9. The molecule has 3 nitrogen and oxygen atoms in total. The Hall–Kier alpha value is 0.0700. The lowest BCUT2D eigenvalue weighted by Crippen LogP contribution is -2.37. The topological polar surface area (TPSA) is 52.3 Å². The number of hydrogen-bond donors (Lipinski definition) is 1. The summed E-state index contributed by atoms with van der Waals surface area (Å²) >= 11 is 0. The summed E-state index contributed by atoms with van der Waals surface area (Å²) in [4.78, 5) is 0. The van der Waals surface area contributed by atoms with Crippen molar-refractivity contribution in [3.05, 3.63) is 0 Å². The van der Waals surface area contributed by atoms with Gasteiger partial charge in [0.25, 0.3) is 0 Å². The lowest BCUT2D eigenvalue weighted by atomic mass is 10.0. The Bertz CT molecular complexity index is 238. The third kappa shape index (κ3) is 2.55. The first-order valence-electron chi connectivity index (χ1n) is 5.06. The number of hydrogen-bond acceptors (Lipinski definition) is 3. The molecule has 0 aliphatic carbocycles. The van der Waals surface area contributed by atoms with Crippen LogP contribution in [0.4, 0.5) is 0 Å². The van der Waals surface area contributed by atoms with Crippen molar-refractivity contribution < 1.29 is 8.95 Å². The second kappa shape index (κ2) is 3.91. The van der Waals surface area contributed by atoms with Crippen molar-refractivity contribution in [2.75, 3.05) is 12.3 Å². The molecule has 2 unspecified atom stereocenters. The van der Waals surface area contributed by atoms with E-state index in [9.17, 15) is 4.21 Å². The van der Waals surface area contributed by atoms with Gasteiger partial charge in [-0.2, -0.15) is 0 Å². The molecule has 0 radical (unpaired) electrons. The van der Waals surface area contributed by atoms with Crippen LogP contribution in [0.25, 0.3) is 0 Å². The van der Waals surface area contributed by atoms with E-state index in [1.165, 1.54) is 0 Å². The van der Waals surface area contributed by atoms with E-state index in [0.29, 0.717) is 12.3 Å². The third-order valence-electron chi connectivity index (χ3n) is 2.63. The molecule has 0 spiro atoms. The van der Waals surface area contributed by atoms with Gasteiger partial charge in [0, 0.05) is 23.1 Å². The van der Waals surface area contributed by atoms with E-state index >= 15 is 0 Å². The molecule has 4 heteroatoms. The lowest BCUT2D eigenvalue weighted by Gasteiger charge is -2.26. The summed E-state index contributed by atoms with van der Waals surface area (Å²) in [6.07, 6.45) is 0.854. The van der Waals surface area contributed by atoms with Crippen LogP contribution in [-0.4, -0.2) is 33.0 Å². The van der Waals surface area contributed by atoms with Gasteiger partial charge in [-0.1, -0.05) is 0 Å². The van der Waals surface area contributed by atoms with Crippen LogP contribution in [0, 0.1) is 0 Å². The Kier molecular flexibility index (Phi) is 3.39. The molecule has 0 aromatic heterocycles. The second-order valence-corrected chi connectivity index (χ2v) is 6.77. The summed E-state index contributed by atoms with van der Waals surface area (Å²) in [5, 5.41) is 0.112. The Morgan fingerprint density at radius 2 is 2.00 bits per heavy atom. The van der Waals surface area contributed by atoms with Crippen LogP contribution in [0.2, 0.25) is 0 Å². The van der Waals surface area contributed by atoms with Gasteiger partial charge in [0.15, 0.2) is 0 Å². The monoisotopic (exact) mass is 219 g/mol.